The first kappa shape index (κ1) is 21.5. The standard InChI is InChI=1S/C25H25FN4O2/c1-29(2)23(18-7-5-9-20(26)13-18)15-27-25(31)19-8-6-10-22(14-19)32-17-21-16-30-12-4-3-11-24(30)28-21/h3-14,16,23H,15,17H2,1-2H3,(H,27,31). The molecular weight excluding hydrogens is 407 g/mol. The second kappa shape index (κ2) is 9.62. The van der Waals surface area contributed by atoms with E-state index in [2.05, 4.69) is 10.3 Å². The van der Waals surface area contributed by atoms with E-state index in [1.165, 1.54) is 12.1 Å². The molecule has 2 aromatic heterocycles. The Morgan fingerprint density at radius 1 is 1.12 bits per heavy atom. The number of aromatic nitrogens is 2. The summed E-state index contributed by atoms with van der Waals surface area (Å²) in [6, 6.07) is 19.1. The van der Waals surface area contributed by atoms with E-state index in [1.54, 1.807) is 24.3 Å². The number of ether oxygens (including phenoxy) is 1. The minimum Gasteiger partial charge on any atom is -0.487 e. The van der Waals surface area contributed by atoms with Crippen LogP contribution in [0.2, 0.25) is 0 Å². The number of pyridine rings is 1. The van der Waals surface area contributed by atoms with E-state index in [-0.39, 0.29) is 17.8 Å². The average molecular weight is 432 g/mol. The predicted molar refractivity (Wildman–Crippen MR) is 121 cm³/mol. The molecular formula is C25H25FN4O2. The predicted octanol–water partition coefficient (Wildman–Crippen LogP) is 4.09. The first-order valence-electron chi connectivity index (χ1n) is 10.3. The summed E-state index contributed by atoms with van der Waals surface area (Å²) in [5, 5.41) is 2.94. The second-order valence-corrected chi connectivity index (χ2v) is 7.76. The SMILES string of the molecule is CN(C)C(CNC(=O)c1cccc(OCc2cn3ccccc3n2)c1)c1cccc(F)c1. The lowest BCUT2D eigenvalue weighted by Crippen LogP contribution is -2.34. The van der Waals surface area contributed by atoms with Crippen LogP contribution in [0.15, 0.2) is 79.1 Å². The first-order chi connectivity index (χ1) is 15.5. The van der Waals surface area contributed by atoms with E-state index in [4.69, 9.17) is 4.74 Å². The van der Waals surface area contributed by atoms with Gasteiger partial charge in [0.15, 0.2) is 0 Å². The van der Waals surface area contributed by atoms with Gasteiger partial charge < -0.3 is 19.4 Å². The quantitative estimate of drug-likeness (QED) is 0.456. The molecule has 7 heteroatoms. The number of amides is 1. The zero-order valence-corrected chi connectivity index (χ0v) is 18.0. The van der Waals surface area contributed by atoms with Gasteiger partial charge in [0.1, 0.15) is 23.8 Å². The number of halogens is 1. The third kappa shape index (κ3) is 5.12. The maximum Gasteiger partial charge on any atom is 0.251 e. The van der Waals surface area contributed by atoms with Gasteiger partial charge in [-0.25, -0.2) is 9.37 Å². The third-order valence-corrected chi connectivity index (χ3v) is 5.21. The molecule has 1 unspecified atom stereocenters. The van der Waals surface area contributed by atoms with E-state index in [9.17, 15) is 9.18 Å². The summed E-state index contributed by atoms with van der Waals surface area (Å²) < 4.78 is 21.4. The fraction of sp³-hybridized carbons (Fsp3) is 0.200. The van der Waals surface area contributed by atoms with Gasteiger partial charge >= 0.3 is 0 Å². The van der Waals surface area contributed by atoms with E-state index in [0.717, 1.165) is 16.9 Å². The number of carbonyl (C=O) groups excluding carboxylic acids is 1. The normalized spacial score (nSPS) is 12.1. The summed E-state index contributed by atoms with van der Waals surface area (Å²) in [5.41, 5.74) is 2.96. The molecule has 0 aliphatic rings. The topological polar surface area (TPSA) is 58.9 Å². The van der Waals surface area contributed by atoms with Crippen molar-refractivity contribution in [2.24, 2.45) is 0 Å². The molecule has 0 aliphatic carbocycles. The maximum atomic E-state index is 13.6. The number of hydrogen-bond acceptors (Lipinski definition) is 4. The fourth-order valence-electron chi connectivity index (χ4n) is 3.54. The zero-order chi connectivity index (χ0) is 22.5. The van der Waals surface area contributed by atoms with Crippen LogP contribution >= 0.6 is 0 Å². The molecule has 0 radical (unpaired) electrons. The molecule has 1 atom stereocenters. The van der Waals surface area contributed by atoms with Crippen molar-refractivity contribution in [1.82, 2.24) is 19.6 Å². The molecule has 1 N–H and O–H groups in total. The van der Waals surface area contributed by atoms with Crippen molar-refractivity contribution < 1.29 is 13.9 Å². The average Bonchev–Trinajstić information content (AvgIpc) is 3.21. The molecule has 4 aromatic rings. The van der Waals surface area contributed by atoms with Crippen LogP contribution in [-0.4, -0.2) is 40.8 Å². The molecule has 0 aliphatic heterocycles. The van der Waals surface area contributed by atoms with Gasteiger partial charge in [0.2, 0.25) is 0 Å². The molecule has 0 saturated heterocycles. The molecule has 164 valence electrons. The van der Waals surface area contributed by atoms with Gasteiger partial charge in [-0.2, -0.15) is 0 Å². The molecule has 32 heavy (non-hydrogen) atoms. The highest BCUT2D eigenvalue weighted by atomic mass is 19.1. The highest BCUT2D eigenvalue weighted by Crippen LogP contribution is 2.19. The van der Waals surface area contributed by atoms with Gasteiger partial charge in [0.05, 0.1) is 11.7 Å². The Morgan fingerprint density at radius 3 is 2.75 bits per heavy atom. The Bertz CT molecular complexity index is 1190. The Kier molecular flexibility index (Phi) is 6.47. The van der Waals surface area contributed by atoms with Crippen molar-refractivity contribution in [2.75, 3.05) is 20.6 Å². The largest absolute Gasteiger partial charge is 0.487 e. The van der Waals surface area contributed by atoms with Crippen LogP contribution in [0.1, 0.15) is 27.7 Å². The Hall–Kier alpha value is -3.71. The Labute approximate surface area is 186 Å². The molecule has 2 heterocycles. The lowest BCUT2D eigenvalue weighted by atomic mass is 10.1. The highest BCUT2D eigenvalue weighted by molar-refractivity contribution is 5.94. The molecule has 0 bridgehead atoms. The molecule has 0 fully saturated rings. The molecule has 6 nitrogen and oxygen atoms in total. The van der Waals surface area contributed by atoms with E-state index >= 15 is 0 Å². The van der Waals surface area contributed by atoms with Gasteiger partial charge in [0, 0.05) is 24.5 Å². The van der Waals surface area contributed by atoms with Crippen molar-refractivity contribution in [3.63, 3.8) is 0 Å². The number of carbonyl (C=O) groups is 1. The van der Waals surface area contributed by atoms with Crippen LogP contribution in [0.3, 0.4) is 0 Å². The Balaban J connectivity index is 1.39. The van der Waals surface area contributed by atoms with Crippen LogP contribution in [0.5, 0.6) is 5.75 Å². The third-order valence-electron chi connectivity index (χ3n) is 5.21. The molecule has 0 spiro atoms. The number of rotatable bonds is 8. The summed E-state index contributed by atoms with van der Waals surface area (Å²) in [6.07, 6.45) is 3.85. The van der Waals surface area contributed by atoms with Crippen molar-refractivity contribution >= 4 is 11.6 Å². The minimum atomic E-state index is -0.295. The number of nitrogens with zero attached hydrogens (tertiary/aromatic N) is 3. The van der Waals surface area contributed by atoms with Crippen LogP contribution in [0.4, 0.5) is 4.39 Å². The van der Waals surface area contributed by atoms with E-state index in [1.807, 2.05) is 66.1 Å². The smallest absolute Gasteiger partial charge is 0.251 e. The lowest BCUT2D eigenvalue weighted by Gasteiger charge is -2.25. The zero-order valence-electron chi connectivity index (χ0n) is 18.0. The second-order valence-electron chi connectivity index (χ2n) is 7.76. The van der Waals surface area contributed by atoms with Gasteiger partial charge in [-0.3, -0.25) is 4.79 Å². The number of benzene rings is 2. The summed E-state index contributed by atoms with van der Waals surface area (Å²) in [5.74, 6) is 0.0755. The van der Waals surface area contributed by atoms with Crippen molar-refractivity contribution in [3.05, 3.63) is 102 Å². The molecule has 2 aromatic carbocycles. The minimum absolute atomic E-state index is 0.149. The summed E-state index contributed by atoms with van der Waals surface area (Å²) in [6.45, 7) is 0.649. The summed E-state index contributed by atoms with van der Waals surface area (Å²) >= 11 is 0. The van der Waals surface area contributed by atoms with Gasteiger partial charge in [-0.1, -0.05) is 24.3 Å². The highest BCUT2D eigenvalue weighted by Gasteiger charge is 2.17. The summed E-state index contributed by atoms with van der Waals surface area (Å²) in [7, 11) is 3.80. The van der Waals surface area contributed by atoms with Crippen LogP contribution < -0.4 is 10.1 Å². The van der Waals surface area contributed by atoms with Gasteiger partial charge in [-0.05, 0) is 62.1 Å². The number of fused-ring (bicyclic) bond motifs is 1. The molecule has 4 rings (SSSR count). The molecule has 0 saturated carbocycles. The van der Waals surface area contributed by atoms with Crippen LogP contribution in [-0.2, 0) is 6.61 Å². The van der Waals surface area contributed by atoms with Gasteiger partial charge in [-0.15, -0.1) is 0 Å². The molecule has 1 amide bonds. The van der Waals surface area contributed by atoms with E-state index < -0.39 is 0 Å². The van der Waals surface area contributed by atoms with Crippen LogP contribution in [0.25, 0.3) is 5.65 Å². The van der Waals surface area contributed by atoms with Crippen molar-refractivity contribution in [2.45, 2.75) is 12.6 Å². The lowest BCUT2D eigenvalue weighted by molar-refractivity contribution is 0.0941. The fourth-order valence-corrected chi connectivity index (χ4v) is 3.54. The van der Waals surface area contributed by atoms with Crippen LogP contribution in [0, 0.1) is 5.82 Å². The first-order valence-corrected chi connectivity index (χ1v) is 10.3. The Morgan fingerprint density at radius 2 is 1.97 bits per heavy atom. The number of nitrogens with one attached hydrogen (secondary N) is 1. The maximum absolute atomic E-state index is 13.6. The van der Waals surface area contributed by atoms with Gasteiger partial charge in [0.25, 0.3) is 5.91 Å². The van der Waals surface area contributed by atoms with Crippen molar-refractivity contribution in [1.29, 1.82) is 0 Å². The number of imidazole rings is 1. The van der Waals surface area contributed by atoms with E-state index in [0.29, 0.717) is 24.5 Å². The van der Waals surface area contributed by atoms with Crippen molar-refractivity contribution in [3.8, 4) is 5.75 Å². The number of likely N-dealkylation sites (N-methyl/N-ethyl adjacent to an activating group) is 1. The summed E-state index contributed by atoms with van der Waals surface area (Å²) in [4.78, 5) is 19.2. The monoisotopic (exact) mass is 432 g/mol. The number of hydrogen-bond donors (Lipinski definition) is 1.